The van der Waals surface area contributed by atoms with Crippen LogP contribution in [0, 0.1) is 0 Å². The van der Waals surface area contributed by atoms with E-state index in [4.69, 9.17) is 16.3 Å². The molecule has 2 aromatic rings. The van der Waals surface area contributed by atoms with E-state index >= 15 is 0 Å². The van der Waals surface area contributed by atoms with Crippen molar-refractivity contribution >= 4 is 23.0 Å². The summed E-state index contributed by atoms with van der Waals surface area (Å²) in [6.45, 7) is 5.84. The van der Waals surface area contributed by atoms with Crippen molar-refractivity contribution in [2.45, 2.75) is 39.2 Å². The minimum Gasteiger partial charge on any atom is -0.494 e. The molecular formula is C21H27ClN2O. The number of nitrogens with zero attached hydrogens (tertiary/aromatic N) is 1. The number of ether oxygens (including phenoxy) is 1. The minimum atomic E-state index is 0.753. The highest BCUT2D eigenvalue weighted by Crippen LogP contribution is 2.31. The van der Waals surface area contributed by atoms with Crippen LogP contribution in [0.4, 0.5) is 11.4 Å². The molecule has 0 unspecified atom stereocenters. The van der Waals surface area contributed by atoms with E-state index in [2.05, 4.69) is 41.4 Å². The van der Waals surface area contributed by atoms with Gasteiger partial charge in [0.05, 0.1) is 17.3 Å². The molecule has 1 aliphatic heterocycles. The summed E-state index contributed by atoms with van der Waals surface area (Å²) in [6.07, 6.45) is 4.86. The third-order valence-corrected chi connectivity index (χ3v) is 4.82. The molecule has 0 bridgehead atoms. The number of nitrogens with one attached hydrogen (secondary N) is 1. The van der Waals surface area contributed by atoms with E-state index in [0.29, 0.717) is 0 Å². The van der Waals surface area contributed by atoms with Gasteiger partial charge in [0.15, 0.2) is 0 Å². The van der Waals surface area contributed by atoms with E-state index in [1.165, 1.54) is 24.8 Å². The van der Waals surface area contributed by atoms with Crippen LogP contribution in [0.15, 0.2) is 42.5 Å². The molecule has 0 spiro atoms. The normalized spacial score (nSPS) is 14.4. The van der Waals surface area contributed by atoms with Crippen LogP contribution in [-0.2, 0) is 6.54 Å². The van der Waals surface area contributed by atoms with E-state index in [1.807, 2.05) is 18.2 Å². The van der Waals surface area contributed by atoms with E-state index in [0.717, 1.165) is 54.8 Å². The van der Waals surface area contributed by atoms with Gasteiger partial charge in [-0.2, -0.15) is 0 Å². The topological polar surface area (TPSA) is 24.5 Å². The standard InChI is InChI=1S/C21H27ClN2O/c1-2-13-25-19-8-6-7-17(14-19)16-23-18-9-10-21(20(22)15-18)24-11-4-3-5-12-24/h6-10,14-15,23H,2-5,11-13,16H2,1H3. The molecule has 0 atom stereocenters. The molecule has 3 nitrogen and oxygen atoms in total. The first-order chi connectivity index (χ1) is 12.3. The summed E-state index contributed by atoms with van der Waals surface area (Å²) in [5.41, 5.74) is 3.40. The molecule has 4 heteroatoms. The number of halogens is 1. The number of hydrogen-bond acceptors (Lipinski definition) is 3. The van der Waals surface area contributed by atoms with Crippen molar-refractivity contribution in [2.75, 3.05) is 29.9 Å². The molecular weight excluding hydrogens is 332 g/mol. The fourth-order valence-electron chi connectivity index (χ4n) is 3.18. The zero-order valence-electron chi connectivity index (χ0n) is 14.9. The predicted octanol–water partition coefficient (Wildman–Crippen LogP) is 5.73. The molecule has 134 valence electrons. The zero-order chi connectivity index (χ0) is 17.5. The summed E-state index contributed by atoms with van der Waals surface area (Å²) in [5.74, 6) is 0.930. The summed E-state index contributed by atoms with van der Waals surface area (Å²) in [7, 11) is 0. The SMILES string of the molecule is CCCOc1cccc(CNc2ccc(N3CCCCC3)c(Cl)c2)c1. The maximum atomic E-state index is 6.53. The summed E-state index contributed by atoms with van der Waals surface area (Å²) in [4.78, 5) is 2.39. The molecule has 1 fully saturated rings. The van der Waals surface area contributed by atoms with Crippen molar-refractivity contribution in [3.63, 3.8) is 0 Å². The van der Waals surface area contributed by atoms with Crippen LogP contribution in [0.25, 0.3) is 0 Å². The smallest absolute Gasteiger partial charge is 0.119 e. The molecule has 0 saturated carbocycles. The Morgan fingerprint density at radius 2 is 1.92 bits per heavy atom. The van der Waals surface area contributed by atoms with E-state index in [1.54, 1.807) is 0 Å². The Balaban J connectivity index is 1.60. The molecule has 0 radical (unpaired) electrons. The van der Waals surface area contributed by atoms with E-state index in [9.17, 15) is 0 Å². The zero-order valence-corrected chi connectivity index (χ0v) is 15.7. The summed E-state index contributed by atoms with van der Waals surface area (Å²) in [5, 5.41) is 4.28. The van der Waals surface area contributed by atoms with Crippen molar-refractivity contribution in [3.8, 4) is 5.75 Å². The second kappa shape index (κ2) is 9.00. The van der Waals surface area contributed by atoms with Crippen molar-refractivity contribution in [2.24, 2.45) is 0 Å². The van der Waals surface area contributed by atoms with Gasteiger partial charge in [0, 0.05) is 25.3 Å². The van der Waals surface area contributed by atoms with Gasteiger partial charge >= 0.3 is 0 Å². The lowest BCUT2D eigenvalue weighted by Gasteiger charge is -2.29. The quantitative estimate of drug-likeness (QED) is 0.683. The molecule has 1 saturated heterocycles. The highest BCUT2D eigenvalue weighted by molar-refractivity contribution is 6.33. The number of benzene rings is 2. The monoisotopic (exact) mass is 358 g/mol. The molecule has 1 N–H and O–H groups in total. The minimum absolute atomic E-state index is 0.753. The Kier molecular flexibility index (Phi) is 6.46. The van der Waals surface area contributed by atoms with Crippen LogP contribution >= 0.6 is 11.6 Å². The van der Waals surface area contributed by atoms with Crippen LogP contribution in [0.5, 0.6) is 5.75 Å². The Bertz CT molecular complexity index is 683. The second-order valence-corrected chi connectivity index (χ2v) is 6.97. The summed E-state index contributed by atoms with van der Waals surface area (Å²) < 4.78 is 5.70. The van der Waals surface area contributed by atoms with Gasteiger partial charge in [-0.3, -0.25) is 0 Å². The Hall–Kier alpha value is -1.87. The molecule has 0 aromatic heterocycles. The maximum Gasteiger partial charge on any atom is 0.119 e. The van der Waals surface area contributed by atoms with Gasteiger partial charge < -0.3 is 15.0 Å². The van der Waals surface area contributed by atoms with Crippen LogP contribution in [0.1, 0.15) is 38.2 Å². The lowest BCUT2D eigenvalue weighted by molar-refractivity contribution is 0.317. The summed E-state index contributed by atoms with van der Waals surface area (Å²) >= 11 is 6.53. The van der Waals surface area contributed by atoms with Crippen LogP contribution in [0.3, 0.4) is 0 Å². The highest BCUT2D eigenvalue weighted by atomic mass is 35.5. The number of piperidine rings is 1. The number of hydrogen-bond donors (Lipinski definition) is 1. The van der Waals surface area contributed by atoms with E-state index in [-0.39, 0.29) is 0 Å². The molecule has 25 heavy (non-hydrogen) atoms. The van der Waals surface area contributed by atoms with Crippen molar-refractivity contribution in [3.05, 3.63) is 53.1 Å². The summed E-state index contributed by atoms with van der Waals surface area (Å²) in [6, 6.07) is 14.5. The average molecular weight is 359 g/mol. The Labute approximate surface area is 155 Å². The largest absolute Gasteiger partial charge is 0.494 e. The maximum absolute atomic E-state index is 6.53. The number of rotatable bonds is 7. The number of anilines is 2. The average Bonchev–Trinajstić information content (AvgIpc) is 2.66. The fourth-order valence-corrected chi connectivity index (χ4v) is 3.48. The van der Waals surface area contributed by atoms with Gasteiger partial charge in [-0.15, -0.1) is 0 Å². The first-order valence-electron chi connectivity index (χ1n) is 9.26. The third kappa shape index (κ3) is 5.05. The van der Waals surface area contributed by atoms with E-state index < -0.39 is 0 Å². The van der Waals surface area contributed by atoms with Gasteiger partial charge in [-0.05, 0) is 61.6 Å². The lowest BCUT2D eigenvalue weighted by atomic mass is 10.1. The molecule has 0 aliphatic carbocycles. The van der Waals surface area contributed by atoms with Crippen molar-refractivity contribution in [1.29, 1.82) is 0 Å². The molecule has 1 heterocycles. The predicted molar refractivity (Wildman–Crippen MR) is 107 cm³/mol. The van der Waals surface area contributed by atoms with Crippen molar-refractivity contribution < 1.29 is 4.74 Å². The highest BCUT2D eigenvalue weighted by Gasteiger charge is 2.14. The van der Waals surface area contributed by atoms with Crippen LogP contribution < -0.4 is 15.0 Å². The second-order valence-electron chi connectivity index (χ2n) is 6.56. The van der Waals surface area contributed by atoms with Gasteiger partial charge in [0.2, 0.25) is 0 Å². The first-order valence-corrected chi connectivity index (χ1v) is 9.64. The molecule has 3 rings (SSSR count). The Morgan fingerprint density at radius 1 is 1.08 bits per heavy atom. The van der Waals surface area contributed by atoms with Gasteiger partial charge in [0.25, 0.3) is 0 Å². The Morgan fingerprint density at radius 3 is 2.68 bits per heavy atom. The first kappa shape index (κ1) is 17.9. The van der Waals surface area contributed by atoms with Gasteiger partial charge in [-0.1, -0.05) is 30.7 Å². The third-order valence-electron chi connectivity index (χ3n) is 4.51. The van der Waals surface area contributed by atoms with Gasteiger partial charge in [0.1, 0.15) is 5.75 Å². The molecule has 2 aromatic carbocycles. The molecule has 1 aliphatic rings. The lowest BCUT2D eigenvalue weighted by Crippen LogP contribution is -2.29. The molecule has 0 amide bonds. The van der Waals surface area contributed by atoms with Crippen molar-refractivity contribution in [1.82, 2.24) is 0 Å². The fraction of sp³-hybridized carbons (Fsp3) is 0.429. The van der Waals surface area contributed by atoms with Crippen LogP contribution in [0.2, 0.25) is 5.02 Å². The van der Waals surface area contributed by atoms with Gasteiger partial charge in [-0.25, -0.2) is 0 Å². The van der Waals surface area contributed by atoms with Crippen LogP contribution in [-0.4, -0.2) is 19.7 Å².